The van der Waals surface area contributed by atoms with Crippen molar-refractivity contribution in [3.05, 3.63) is 24.0 Å². The summed E-state index contributed by atoms with van der Waals surface area (Å²) in [6.07, 6.45) is 5.09. The smallest absolute Gasteiger partial charge is 0.272 e. The van der Waals surface area contributed by atoms with Crippen LogP contribution < -0.4 is 5.32 Å². The van der Waals surface area contributed by atoms with Crippen molar-refractivity contribution >= 4 is 11.6 Å². The number of nitrogens with zero attached hydrogens (tertiary/aromatic N) is 2. The van der Waals surface area contributed by atoms with E-state index in [0.717, 1.165) is 31.6 Å². The first kappa shape index (κ1) is 15.8. The molecule has 0 aromatic carbocycles. The Hall–Kier alpha value is -1.58. The molecule has 1 aliphatic heterocycles. The number of nitrogens with one attached hydrogen (secondary N) is 1. The van der Waals surface area contributed by atoms with Gasteiger partial charge in [0.05, 0.1) is 11.9 Å². The Bertz CT molecular complexity index is 476. The van der Waals surface area contributed by atoms with E-state index in [0.29, 0.717) is 17.0 Å². The van der Waals surface area contributed by atoms with Gasteiger partial charge in [-0.15, -0.1) is 0 Å². The monoisotopic (exact) mass is 289 g/mol. The first-order chi connectivity index (χ1) is 9.91. The van der Waals surface area contributed by atoms with Gasteiger partial charge in [0.1, 0.15) is 5.69 Å². The summed E-state index contributed by atoms with van der Waals surface area (Å²) in [5.74, 6) is 0.752. The van der Waals surface area contributed by atoms with Crippen molar-refractivity contribution in [2.75, 3.05) is 25.5 Å². The lowest BCUT2D eigenvalue weighted by Gasteiger charge is -2.29. The normalized spacial score (nSPS) is 20.0. The van der Waals surface area contributed by atoms with Gasteiger partial charge in [0, 0.05) is 20.1 Å². The van der Waals surface area contributed by atoms with Gasteiger partial charge in [0.2, 0.25) is 0 Å². The molecule has 0 radical (unpaired) electrons. The molecule has 4 nitrogen and oxygen atoms in total. The predicted octanol–water partition coefficient (Wildman–Crippen LogP) is 3.41. The quantitative estimate of drug-likeness (QED) is 0.907. The lowest BCUT2D eigenvalue weighted by molar-refractivity contribution is 0.0750. The summed E-state index contributed by atoms with van der Waals surface area (Å²) in [5, 5.41) is 3.02. The van der Waals surface area contributed by atoms with E-state index in [2.05, 4.69) is 31.1 Å². The molecular formula is C17H27N3O. The Morgan fingerprint density at radius 1 is 1.29 bits per heavy atom. The molecule has 1 fully saturated rings. The van der Waals surface area contributed by atoms with Crippen LogP contribution in [0.5, 0.6) is 0 Å². The van der Waals surface area contributed by atoms with Gasteiger partial charge in [0.15, 0.2) is 0 Å². The number of carbonyl (C=O) groups is 1. The molecule has 1 aromatic rings. The van der Waals surface area contributed by atoms with E-state index in [1.807, 2.05) is 18.0 Å². The highest BCUT2D eigenvalue weighted by Crippen LogP contribution is 2.34. The van der Waals surface area contributed by atoms with Crippen LogP contribution in [0.2, 0.25) is 0 Å². The Morgan fingerprint density at radius 3 is 2.62 bits per heavy atom. The van der Waals surface area contributed by atoms with Gasteiger partial charge in [-0.05, 0) is 42.7 Å². The molecule has 0 saturated carbocycles. The van der Waals surface area contributed by atoms with E-state index in [4.69, 9.17) is 0 Å². The fraction of sp³-hybridized carbons (Fsp3) is 0.647. The molecule has 21 heavy (non-hydrogen) atoms. The van der Waals surface area contributed by atoms with Crippen LogP contribution in [-0.2, 0) is 0 Å². The SMILES string of the molecule is CNc1ccc(C(=O)N2CCCC(C(C)(C)C)CC2)nc1. The minimum atomic E-state index is 0.0622. The first-order valence-corrected chi connectivity index (χ1v) is 7.85. The van der Waals surface area contributed by atoms with Gasteiger partial charge in [-0.2, -0.15) is 0 Å². The molecule has 1 aliphatic rings. The fourth-order valence-corrected chi connectivity index (χ4v) is 3.00. The lowest BCUT2D eigenvalue weighted by atomic mass is 9.77. The largest absolute Gasteiger partial charge is 0.387 e. The van der Waals surface area contributed by atoms with Crippen LogP contribution in [-0.4, -0.2) is 35.9 Å². The summed E-state index contributed by atoms with van der Waals surface area (Å²) in [5.41, 5.74) is 1.80. The van der Waals surface area contributed by atoms with Crippen molar-refractivity contribution < 1.29 is 4.79 Å². The van der Waals surface area contributed by atoms with Crippen LogP contribution >= 0.6 is 0 Å². The Morgan fingerprint density at radius 2 is 2.05 bits per heavy atom. The second-order valence-electron chi connectivity index (χ2n) is 6.97. The number of pyridine rings is 1. The maximum absolute atomic E-state index is 12.6. The molecule has 2 rings (SSSR count). The zero-order valence-electron chi connectivity index (χ0n) is 13.6. The zero-order valence-corrected chi connectivity index (χ0v) is 13.6. The lowest BCUT2D eigenvalue weighted by Crippen LogP contribution is -2.33. The number of aromatic nitrogens is 1. The van der Waals surface area contributed by atoms with Gasteiger partial charge >= 0.3 is 0 Å². The topological polar surface area (TPSA) is 45.2 Å². The number of rotatable bonds is 2. The molecule has 1 atom stereocenters. The van der Waals surface area contributed by atoms with Crippen molar-refractivity contribution in [1.29, 1.82) is 0 Å². The number of hydrogen-bond acceptors (Lipinski definition) is 3. The molecule has 1 unspecified atom stereocenters. The van der Waals surface area contributed by atoms with Crippen LogP contribution in [0.25, 0.3) is 0 Å². The van der Waals surface area contributed by atoms with E-state index in [9.17, 15) is 4.79 Å². The van der Waals surface area contributed by atoms with Crippen molar-refractivity contribution in [3.63, 3.8) is 0 Å². The fourth-order valence-electron chi connectivity index (χ4n) is 3.00. The summed E-state index contributed by atoms with van der Waals surface area (Å²) in [6.45, 7) is 8.59. The van der Waals surface area contributed by atoms with Crippen LogP contribution in [0.1, 0.15) is 50.5 Å². The number of anilines is 1. The van der Waals surface area contributed by atoms with E-state index in [1.165, 1.54) is 6.42 Å². The molecule has 4 heteroatoms. The Kier molecular flexibility index (Phi) is 4.86. The molecule has 0 bridgehead atoms. The molecule has 1 saturated heterocycles. The van der Waals surface area contributed by atoms with Gasteiger partial charge < -0.3 is 10.2 Å². The van der Waals surface area contributed by atoms with Crippen LogP contribution in [0.15, 0.2) is 18.3 Å². The third kappa shape index (κ3) is 3.96. The summed E-state index contributed by atoms with van der Waals surface area (Å²) in [4.78, 5) is 18.8. The van der Waals surface area contributed by atoms with Crippen LogP contribution in [0.3, 0.4) is 0 Å². The van der Waals surface area contributed by atoms with E-state index >= 15 is 0 Å². The molecule has 1 aromatic heterocycles. The van der Waals surface area contributed by atoms with E-state index < -0.39 is 0 Å². The summed E-state index contributed by atoms with van der Waals surface area (Å²) in [7, 11) is 1.85. The average Bonchev–Trinajstić information content (AvgIpc) is 2.72. The Balaban J connectivity index is 2.02. The molecule has 0 aliphatic carbocycles. The highest BCUT2D eigenvalue weighted by atomic mass is 16.2. The highest BCUT2D eigenvalue weighted by Gasteiger charge is 2.28. The molecular weight excluding hydrogens is 262 g/mol. The van der Waals surface area contributed by atoms with E-state index in [1.54, 1.807) is 12.3 Å². The van der Waals surface area contributed by atoms with Gasteiger partial charge in [-0.1, -0.05) is 20.8 Å². The highest BCUT2D eigenvalue weighted by molar-refractivity contribution is 5.92. The summed E-state index contributed by atoms with van der Waals surface area (Å²) < 4.78 is 0. The van der Waals surface area contributed by atoms with Crippen molar-refractivity contribution in [2.45, 2.75) is 40.0 Å². The standard InChI is InChI=1S/C17H27N3O/c1-17(2,3)13-6-5-10-20(11-9-13)16(21)15-8-7-14(18-4)12-19-15/h7-8,12-13,18H,5-6,9-11H2,1-4H3. The predicted molar refractivity (Wildman–Crippen MR) is 86.5 cm³/mol. The van der Waals surface area contributed by atoms with E-state index in [-0.39, 0.29) is 5.91 Å². The minimum Gasteiger partial charge on any atom is -0.387 e. The molecule has 1 N–H and O–H groups in total. The zero-order chi connectivity index (χ0) is 15.5. The maximum Gasteiger partial charge on any atom is 0.272 e. The minimum absolute atomic E-state index is 0.0622. The Labute approximate surface area is 127 Å². The number of carbonyl (C=O) groups excluding carboxylic acids is 1. The van der Waals surface area contributed by atoms with Gasteiger partial charge in [-0.3, -0.25) is 4.79 Å². The molecule has 0 spiro atoms. The first-order valence-electron chi connectivity index (χ1n) is 7.85. The van der Waals surface area contributed by atoms with Crippen molar-refractivity contribution in [2.24, 2.45) is 11.3 Å². The third-order valence-electron chi connectivity index (χ3n) is 4.51. The second kappa shape index (κ2) is 6.46. The number of likely N-dealkylation sites (tertiary alicyclic amines) is 1. The molecule has 1 amide bonds. The molecule has 2 heterocycles. The third-order valence-corrected chi connectivity index (χ3v) is 4.51. The van der Waals surface area contributed by atoms with Gasteiger partial charge in [-0.25, -0.2) is 4.98 Å². The van der Waals surface area contributed by atoms with Crippen molar-refractivity contribution in [1.82, 2.24) is 9.88 Å². The maximum atomic E-state index is 12.6. The number of amides is 1. The van der Waals surface area contributed by atoms with Crippen LogP contribution in [0.4, 0.5) is 5.69 Å². The van der Waals surface area contributed by atoms with Crippen molar-refractivity contribution in [3.8, 4) is 0 Å². The number of hydrogen-bond donors (Lipinski definition) is 1. The second-order valence-corrected chi connectivity index (χ2v) is 6.97. The van der Waals surface area contributed by atoms with Gasteiger partial charge in [0.25, 0.3) is 5.91 Å². The average molecular weight is 289 g/mol. The summed E-state index contributed by atoms with van der Waals surface area (Å²) >= 11 is 0. The molecule has 116 valence electrons. The van der Waals surface area contributed by atoms with Crippen LogP contribution in [0, 0.1) is 11.3 Å². The summed E-state index contributed by atoms with van der Waals surface area (Å²) in [6, 6.07) is 3.70.